The summed E-state index contributed by atoms with van der Waals surface area (Å²) in [5.41, 5.74) is 3.30. The van der Waals surface area contributed by atoms with Crippen molar-refractivity contribution in [3.8, 4) is 17.0 Å². The maximum Gasteiger partial charge on any atom is 0.166 e. The highest BCUT2D eigenvalue weighted by molar-refractivity contribution is 6.30. The van der Waals surface area contributed by atoms with E-state index in [1.165, 1.54) is 0 Å². The molecule has 0 amide bonds. The number of aryl methyl sites for hydroxylation is 1. The van der Waals surface area contributed by atoms with Gasteiger partial charge in [-0.1, -0.05) is 6.07 Å². The van der Waals surface area contributed by atoms with Crippen LogP contribution in [-0.4, -0.2) is 23.2 Å². The highest BCUT2D eigenvalue weighted by atomic mass is 16.3. The molecule has 1 aromatic heterocycles. The molecule has 4 heteroatoms. The van der Waals surface area contributed by atoms with E-state index in [0.29, 0.717) is 11.3 Å². The third-order valence-corrected chi connectivity index (χ3v) is 2.23. The van der Waals surface area contributed by atoms with Gasteiger partial charge in [0.05, 0.1) is 5.69 Å². The first-order valence-electron chi connectivity index (χ1n) is 4.77. The third-order valence-electron chi connectivity index (χ3n) is 2.23. The smallest absolute Gasteiger partial charge is 0.166 e. The first-order valence-corrected chi connectivity index (χ1v) is 4.77. The fourth-order valence-electron chi connectivity index (χ4n) is 1.40. The van der Waals surface area contributed by atoms with E-state index in [2.05, 4.69) is 10.2 Å². The summed E-state index contributed by atoms with van der Waals surface area (Å²) in [6, 6.07) is 9.24. The molecule has 0 unspecified atom stereocenters. The fourth-order valence-corrected chi connectivity index (χ4v) is 1.40. The van der Waals surface area contributed by atoms with Crippen LogP contribution in [0.15, 0.2) is 30.3 Å². The molecule has 0 spiro atoms. The van der Waals surface area contributed by atoms with Gasteiger partial charge in [-0.25, -0.2) is 0 Å². The molecule has 1 aromatic carbocycles. The van der Waals surface area contributed by atoms with Gasteiger partial charge in [0.1, 0.15) is 5.75 Å². The second-order valence-corrected chi connectivity index (χ2v) is 3.58. The summed E-state index contributed by atoms with van der Waals surface area (Å²) in [6.45, 7) is 1.93. The molecule has 1 N–H and O–H groups in total. The van der Waals surface area contributed by atoms with Crippen molar-refractivity contribution in [2.75, 3.05) is 0 Å². The molecule has 3 nitrogen and oxygen atoms in total. The SMILES string of the molecule is Bc1ccc(-c2ccc(C)cc2O)nn1. The van der Waals surface area contributed by atoms with Crippen LogP contribution in [0.1, 0.15) is 5.56 Å². The first kappa shape index (κ1) is 9.71. The lowest BCUT2D eigenvalue weighted by Crippen LogP contribution is -2.09. The molecule has 0 saturated heterocycles. The van der Waals surface area contributed by atoms with E-state index in [9.17, 15) is 5.11 Å². The molecule has 0 aliphatic carbocycles. The van der Waals surface area contributed by atoms with E-state index >= 15 is 0 Å². The molecule has 1 heterocycles. The number of aromatic hydroxyl groups is 1. The van der Waals surface area contributed by atoms with Crippen molar-refractivity contribution >= 4 is 13.4 Å². The van der Waals surface area contributed by atoms with Gasteiger partial charge in [-0.2, -0.15) is 10.2 Å². The van der Waals surface area contributed by atoms with Gasteiger partial charge in [0, 0.05) is 11.2 Å². The van der Waals surface area contributed by atoms with Crippen molar-refractivity contribution in [2.45, 2.75) is 6.92 Å². The lowest BCUT2D eigenvalue weighted by molar-refractivity contribution is 0.476. The van der Waals surface area contributed by atoms with Crippen LogP contribution in [0.2, 0.25) is 0 Å². The van der Waals surface area contributed by atoms with Gasteiger partial charge in [-0.3, -0.25) is 0 Å². The summed E-state index contributed by atoms with van der Waals surface area (Å²) in [7, 11) is 1.88. The van der Waals surface area contributed by atoms with Crippen LogP contribution >= 0.6 is 0 Å². The van der Waals surface area contributed by atoms with E-state index in [0.717, 1.165) is 11.2 Å². The normalized spacial score (nSPS) is 10.2. The molecular formula is C11H11BN2O. The Hall–Kier alpha value is -1.84. The standard InChI is InChI=1S/C11H11BN2O/c1-7-2-3-8(10(15)6-7)9-4-5-11(12)14-13-9/h2-6,15H,12H2,1H3. The molecular weight excluding hydrogens is 187 g/mol. The van der Waals surface area contributed by atoms with Crippen molar-refractivity contribution < 1.29 is 5.11 Å². The average Bonchev–Trinajstić information content (AvgIpc) is 2.20. The number of phenols is 1. The third kappa shape index (κ3) is 1.98. The minimum atomic E-state index is 0.244. The Kier molecular flexibility index (Phi) is 2.41. The lowest BCUT2D eigenvalue weighted by Gasteiger charge is -2.04. The number of benzene rings is 1. The first-order chi connectivity index (χ1) is 7.16. The van der Waals surface area contributed by atoms with E-state index in [4.69, 9.17) is 0 Å². The van der Waals surface area contributed by atoms with Gasteiger partial charge >= 0.3 is 0 Å². The summed E-state index contributed by atoms with van der Waals surface area (Å²) in [4.78, 5) is 0. The number of nitrogens with zero attached hydrogens (tertiary/aromatic N) is 2. The minimum Gasteiger partial charge on any atom is -0.507 e. The summed E-state index contributed by atoms with van der Waals surface area (Å²) in [5, 5.41) is 17.7. The zero-order valence-electron chi connectivity index (χ0n) is 8.73. The van der Waals surface area contributed by atoms with Crippen LogP contribution < -0.4 is 5.59 Å². The molecule has 0 aliphatic heterocycles. The Labute approximate surface area is 89.2 Å². The van der Waals surface area contributed by atoms with Crippen LogP contribution in [0.25, 0.3) is 11.3 Å². The summed E-state index contributed by atoms with van der Waals surface area (Å²) >= 11 is 0. The molecule has 0 fully saturated rings. The number of hydrogen-bond acceptors (Lipinski definition) is 3. The monoisotopic (exact) mass is 198 g/mol. The number of rotatable bonds is 1. The molecule has 74 valence electrons. The van der Waals surface area contributed by atoms with Gasteiger partial charge in [0.2, 0.25) is 0 Å². The molecule has 2 rings (SSSR count). The molecule has 0 bridgehead atoms. The van der Waals surface area contributed by atoms with E-state index in [-0.39, 0.29) is 5.75 Å². The molecule has 0 radical (unpaired) electrons. The zero-order chi connectivity index (χ0) is 10.8. The molecule has 15 heavy (non-hydrogen) atoms. The number of aromatic nitrogens is 2. The van der Waals surface area contributed by atoms with Crippen LogP contribution in [0.5, 0.6) is 5.75 Å². The number of hydrogen-bond donors (Lipinski definition) is 1. The largest absolute Gasteiger partial charge is 0.507 e. The van der Waals surface area contributed by atoms with Crippen LogP contribution in [0.4, 0.5) is 0 Å². The Morgan fingerprint density at radius 2 is 1.93 bits per heavy atom. The second kappa shape index (κ2) is 3.73. The summed E-state index contributed by atoms with van der Waals surface area (Å²) in [5.74, 6) is 0.244. The Morgan fingerprint density at radius 1 is 1.13 bits per heavy atom. The molecule has 0 aliphatic rings. The highest BCUT2D eigenvalue weighted by Crippen LogP contribution is 2.27. The quantitative estimate of drug-likeness (QED) is 0.675. The zero-order valence-corrected chi connectivity index (χ0v) is 8.73. The number of phenolic OH excluding ortho intramolecular Hbond substituents is 1. The van der Waals surface area contributed by atoms with Crippen molar-refractivity contribution in [1.29, 1.82) is 0 Å². The van der Waals surface area contributed by atoms with Crippen molar-refractivity contribution in [3.05, 3.63) is 35.9 Å². The minimum absolute atomic E-state index is 0.244. The predicted molar refractivity (Wildman–Crippen MR) is 62.0 cm³/mol. The second-order valence-electron chi connectivity index (χ2n) is 3.58. The molecule has 0 saturated carbocycles. The Balaban J connectivity index is 2.49. The van der Waals surface area contributed by atoms with Gasteiger partial charge in [-0.15, -0.1) is 0 Å². The van der Waals surface area contributed by atoms with Crippen LogP contribution in [0, 0.1) is 6.92 Å². The Bertz CT molecular complexity index is 482. The topological polar surface area (TPSA) is 46.0 Å². The van der Waals surface area contributed by atoms with E-state index in [1.807, 2.05) is 39.0 Å². The predicted octanol–water partition coefficient (Wildman–Crippen LogP) is 0.416. The van der Waals surface area contributed by atoms with Gasteiger partial charge in [-0.05, 0) is 36.8 Å². The summed E-state index contributed by atoms with van der Waals surface area (Å²) in [6.07, 6.45) is 0. The lowest BCUT2D eigenvalue weighted by atomic mass is 10.0. The van der Waals surface area contributed by atoms with Gasteiger partial charge < -0.3 is 5.11 Å². The van der Waals surface area contributed by atoms with Crippen molar-refractivity contribution in [1.82, 2.24) is 10.2 Å². The Morgan fingerprint density at radius 3 is 2.53 bits per heavy atom. The molecule has 2 aromatic rings. The van der Waals surface area contributed by atoms with Crippen LogP contribution in [-0.2, 0) is 0 Å². The van der Waals surface area contributed by atoms with E-state index in [1.54, 1.807) is 6.07 Å². The van der Waals surface area contributed by atoms with Gasteiger partial charge in [0.25, 0.3) is 0 Å². The maximum atomic E-state index is 9.75. The fraction of sp³-hybridized carbons (Fsp3) is 0.0909. The average molecular weight is 198 g/mol. The van der Waals surface area contributed by atoms with Gasteiger partial charge in [0.15, 0.2) is 7.85 Å². The van der Waals surface area contributed by atoms with E-state index < -0.39 is 0 Å². The molecule has 0 atom stereocenters. The summed E-state index contributed by atoms with van der Waals surface area (Å²) < 4.78 is 0. The highest BCUT2D eigenvalue weighted by Gasteiger charge is 2.05. The van der Waals surface area contributed by atoms with Crippen molar-refractivity contribution in [2.24, 2.45) is 0 Å². The van der Waals surface area contributed by atoms with Crippen LogP contribution in [0.3, 0.4) is 0 Å². The maximum absolute atomic E-state index is 9.75. The van der Waals surface area contributed by atoms with Crippen molar-refractivity contribution in [3.63, 3.8) is 0 Å².